The molecule has 2 aliphatic carbocycles. The number of carbonyl (C=O) groups excluding carboxylic acids is 1. The fourth-order valence-corrected chi connectivity index (χ4v) is 4.78. The van der Waals surface area contributed by atoms with E-state index in [0.717, 1.165) is 55.6 Å². The number of aromatic amines is 1. The lowest BCUT2D eigenvalue weighted by Gasteiger charge is -2.34. The molecule has 0 spiro atoms. The molecule has 150 valence electrons. The number of hydrogen-bond donors (Lipinski definition) is 1. The lowest BCUT2D eigenvalue weighted by Crippen LogP contribution is -2.45. The second-order valence-corrected chi connectivity index (χ2v) is 8.55. The molecular weight excluding hydrogens is 360 g/mol. The molecule has 1 aromatic carbocycles. The zero-order chi connectivity index (χ0) is 20.0. The Hall–Kier alpha value is -2.82. The van der Waals surface area contributed by atoms with Gasteiger partial charge in [0.05, 0.1) is 11.3 Å². The number of aryl methyl sites for hydroxylation is 2. The summed E-state index contributed by atoms with van der Waals surface area (Å²) in [5.74, 6) is 0.205. The standard InChI is InChI=1S/C24H28N4O/c1-16-12-22(17(2)27(16)15-18-6-4-3-5-7-18)24(29)28(20-8-9-20)21-10-11-23-19(13-21)14-25-26-23/h3-7,12,14,20-21H,8-11,13,15H2,1-2H3,(H,25,26). The maximum absolute atomic E-state index is 13.7. The van der Waals surface area contributed by atoms with Crippen LogP contribution in [0.25, 0.3) is 0 Å². The van der Waals surface area contributed by atoms with Crippen molar-refractivity contribution in [2.75, 3.05) is 0 Å². The largest absolute Gasteiger partial charge is 0.344 e. The summed E-state index contributed by atoms with van der Waals surface area (Å²) >= 11 is 0. The van der Waals surface area contributed by atoms with Gasteiger partial charge in [0.15, 0.2) is 0 Å². The highest BCUT2D eigenvalue weighted by atomic mass is 16.2. The van der Waals surface area contributed by atoms with E-state index < -0.39 is 0 Å². The number of nitrogens with one attached hydrogen (secondary N) is 1. The van der Waals surface area contributed by atoms with Gasteiger partial charge in [-0.25, -0.2) is 0 Å². The molecule has 5 rings (SSSR count). The molecule has 1 unspecified atom stereocenters. The number of amides is 1. The number of hydrogen-bond acceptors (Lipinski definition) is 2. The van der Waals surface area contributed by atoms with E-state index in [1.807, 2.05) is 12.3 Å². The third-order valence-corrected chi connectivity index (χ3v) is 6.53. The van der Waals surface area contributed by atoms with Crippen molar-refractivity contribution in [3.63, 3.8) is 0 Å². The third kappa shape index (κ3) is 3.39. The van der Waals surface area contributed by atoms with Gasteiger partial charge in [-0.2, -0.15) is 5.10 Å². The van der Waals surface area contributed by atoms with Gasteiger partial charge in [-0.1, -0.05) is 30.3 Å². The number of rotatable bonds is 5. The molecule has 1 amide bonds. The molecule has 0 radical (unpaired) electrons. The van der Waals surface area contributed by atoms with Crippen molar-refractivity contribution < 1.29 is 4.79 Å². The monoisotopic (exact) mass is 388 g/mol. The molecule has 1 atom stereocenters. The van der Waals surface area contributed by atoms with Crippen molar-refractivity contribution in [3.05, 3.63) is 76.4 Å². The van der Waals surface area contributed by atoms with Crippen molar-refractivity contribution in [2.45, 2.75) is 64.6 Å². The number of H-pyrrole nitrogens is 1. The second-order valence-electron chi connectivity index (χ2n) is 8.55. The fourth-order valence-electron chi connectivity index (χ4n) is 4.78. The summed E-state index contributed by atoms with van der Waals surface area (Å²) in [4.78, 5) is 15.9. The topological polar surface area (TPSA) is 53.9 Å². The smallest absolute Gasteiger partial charge is 0.256 e. The van der Waals surface area contributed by atoms with E-state index in [2.05, 4.69) is 63.8 Å². The maximum Gasteiger partial charge on any atom is 0.256 e. The van der Waals surface area contributed by atoms with Crippen LogP contribution in [0.4, 0.5) is 0 Å². The lowest BCUT2D eigenvalue weighted by atomic mass is 9.92. The summed E-state index contributed by atoms with van der Waals surface area (Å²) in [5.41, 5.74) is 6.78. The van der Waals surface area contributed by atoms with E-state index >= 15 is 0 Å². The van der Waals surface area contributed by atoms with Gasteiger partial charge >= 0.3 is 0 Å². The number of aromatic nitrogens is 3. The molecule has 0 saturated heterocycles. The van der Waals surface area contributed by atoms with Crippen LogP contribution in [0.15, 0.2) is 42.6 Å². The normalized spacial score (nSPS) is 18.5. The highest BCUT2D eigenvalue weighted by molar-refractivity contribution is 5.96. The van der Waals surface area contributed by atoms with E-state index in [0.29, 0.717) is 6.04 Å². The molecule has 0 aliphatic heterocycles. The predicted octanol–water partition coefficient (Wildman–Crippen LogP) is 4.04. The Bertz CT molecular complexity index is 1030. The van der Waals surface area contributed by atoms with Crippen molar-refractivity contribution in [2.24, 2.45) is 0 Å². The van der Waals surface area contributed by atoms with Crippen LogP contribution in [-0.4, -0.2) is 37.7 Å². The van der Waals surface area contributed by atoms with Gasteiger partial charge < -0.3 is 9.47 Å². The van der Waals surface area contributed by atoms with Crippen LogP contribution >= 0.6 is 0 Å². The van der Waals surface area contributed by atoms with E-state index in [-0.39, 0.29) is 11.9 Å². The fraction of sp³-hybridized carbons (Fsp3) is 0.417. The summed E-state index contributed by atoms with van der Waals surface area (Å²) in [6.45, 7) is 4.99. The molecule has 2 aromatic heterocycles. The molecule has 1 saturated carbocycles. The van der Waals surface area contributed by atoms with Crippen LogP contribution in [0.3, 0.4) is 0 Å². The molecule has 29 heavy (non-hydrogen) atoms. The zero-order valence-electron chi connectivity index (χ0n) is 17.2. The van der Waals surface area contributed by atoms with Crippen molar-refractivity contribution in [1.82, 2.24) is 19.7 Å². The number of fused-ring (bicyclic) bond motifs is 1. The number of nitrogens with zero attached hydrogens (tertiary/aromatic N) is 3. The molecule has 3 aromatic rings. The highest BCUT2D eigenvalue weighted by Crippen LogP contribution is 2.35. The average molecular weight is 389 g/mol. The molecule has 2 aliphatic rings. The Morgan fingerprint density at radius 1 is 1.17 bits per heavy atom. The molecule has 5 nitrogen and oxygen atoms in total. The Morgan fingerprint density at radius 2 is 1.97 bits per heavy atom. The van der Waals surface area contributed by atoms with Crippen LogP contribution < -0.4 is 0 Å². The summed E-state index contributed by atoms with van der Waals surface area (Å²) < 4.78 is 2.27. The van der Waals surface area contributed by atoms with Gasteiger partial charge in [0, 0.05) is 36.2 Å². The molecule has 5 heteroatoms. The Labute approximate surface area is 171 Å². The average Bonchev–Trinajstić information content (AvgIpc) is 3.38. The molecule has 1 fully saturated rings. The first-order valence-corrected chi connectivity index (χ1v) is 10.7. The van der Waals surface area contributed by atoms with E-state index in [9.17, 15) is 4.79 Å². The van der Waals surface area contributed by atoms with Gasteiger partial charge in [0.1, 0.15) is 0 Å². The number of benzene rings is 1. The lowest BCUT2D eigenvalue weighted by molar-refractivity contribution is 0.0642. The van der Waals surface area contributed by atoms with E-state index in [1.54, 1.807) is 0 Å². The highest BCUT2D eigenvalue weighted by Gasteiger charge is 2.40. The predicted molar refractivity (Wildman–Crippen MR) is 113 cm³/mol. The zero-order valence-corrected chi connectivity index (χ0v) is 17.2. The van der Waals surface area contributed by atoms with Crippen molar-refractivity contribution in [1.29, 1.82) is 0 Å². The van der Waals surface area contributed by atoms with Gasteiger partial charge in [-0.05, 0) is 63.1 Å². The molecule has 2 heterocycles. The molecular formula is C24H28N4O. The minimum atomic E-state index is 0.205. The summed E-state index contributed by atoms with van der Waals surface area (Å²) in [5, 5.41) is 7.34. The van der Waals surface area contributed by atoms with Gasteiger partial charge in [0.2, 0.25) is 0 Å². The second kappa shape index (κ2) is 7.21. The first kappa shape index (κ1) is 18.2. The summed E-state index contributed by atoms with van der Waals surface area (Å²) in [7, 11) is 0. The van der Waals surface area contributed by atoms with E-state index in [4.69, 9.17) is 0 Å². The van der Waals surface area contributed by atoms with Crippen LogP contribution in [0.5, 0.6) is 0 Å². The summed E-state index contributed by atoms with van der Waals surface area (Å²) in [6, 6.07) is 13.2. The minimum absolute atomic E-state index is 0.205. The van der Waals surface area contributed by atoms with Gasteiger partial charge in [-0.3, -0.25) is 9.89 Å². The maximum atomic E-state index is 13.7. The van der Waals surface area contributed by atoms with Gasteiger partial charge in [-0.15, -0.1) is 0 Å². The van der Waals surface area contributed by atoms with Crippen LogP contribution in [-0.2, 0) is 19.4 Å². The SMILES string of the molecule is Cc1cc(C(=O)N(C2CC2)C2CCc3n[nH]cc3C2)c(C)n1Cc1ccccc1. The molecule has 0 bridgehead atoms. The first-order valence-electron chi connectivity index (χ1n) is 10.7. The van der Waals surface area contributed by atoms with Gasteiger partial charge in [0.25, 0.3) is 5.91 Å². The Morgan fingerprint density at radius 3 is 2.72 bits per heavy atom. The minimum Gasteiger partial charge on any atom is -0.344 e. The first-order chi connectivity index (χ1) is 14.1. The van der Waals surface area contributed by atoms with Crippen molar-refractivity contribution in [3.8, 4) is 0 Å². The number of carbonyl (C=O) groups is 1. The van der Waals surface area contributed by atoms with Crippen LogP contribution in [0, 0.1) is 13.8 Å². The van der Waals surface area contributed by atoms with Crippen LogP contribution in [0.1, 0.15) is 57.8 Å². The molecule has 1 N–H and O–H groups in total. The van der Waals surface area contributed by atoms with E-state index in [1.165, 1.54) is 16.8 Å². The summed E-state index contributed by atoms with van der Waals surface area (Å²) in [6.07, 6.45) is 7.13. The Balaban J connectivity index is 1.42. The van der Waals surface area contributed by atoms with Crippen molar-refractivity contribution >= 4 is 5.91 Å². The third-order valence-electron chi connectivity index (χ3n) is 6.53. The quantitative estimate of drug-likeness (QED) is 0.717. The Kier molecular flexibility index (Phi) is 4.53. The van der Waals surface area contributed by atoms with Crippen LogP contribution in [0.2, 0.25) is 0 Å².